The lowest BCUT2D eigenvalue weighted by atomic mass is 10.1. The second kappa shape index (κ2) is 8.12. The van der Waals surface area contributed by atoms with E-state index in [1.165, 1.54) is 5.56 Å². The predicted molar refractivity (Wildman–Crippen MR) is 88.0 cm³/mol. The molecule has 1 unspecified atom stereocenters. The minimum Gasteiger partial charge on any atom is -0.494 e. The van der Waals surface area contributed by atoms with Crippen molar-refractivity contribution in [1.82, 2.24) is 10.4 Å². The van der Waals surface area contributed by atoms with Crippen LogP contribution >= 0.6 is 15.9 Å². The van der Waals surface area contributed by atoms with Crippen LogP contribution in [0.5, 0.6) is 5.75 Å². The molecule has 0 spiro atoms. The second-order valence-corrected chi connectivity index (χ2v) is 5.95. The Bertz CT molecular complexity index is 577. The molecule has 0 amide bonds. The summed E-state index contributed by atoms with van der Waals surface area (Å²) in [6, 6.07) is 10.3. The quantitative estimate of drug-likeness (QED) is 0.595. The zero-order chi connectivity index (χ0) is 15.1. The van der Waals surface area contributed by atoms with E-state index in [9.17, 15) is 0 Å². The number of nitrogens with one attached hydrogen (secondary N) is 1. The number of hydrogen-bond donors (Lipinski definition) is 2. The third kappa shape index (κ3) is 5.46. The van der Waals surface area contributed by atoms with Crippen molar-refractivity contribution in [3.05, 3.63) is 58.3 Å². The van der Waals surface area contributed by atoms with Gasteiger partial charge in [-0.05, 0) is 65.0 Å². The van der Waals surface area contributed by atoms with Gasteiger partial charge in [-0.1, -0.05) is 12.1 Å². The van der Waals surface area contributed by atoms with E-state index in [-0.39, 0.29) is 6.04 Å². The van der Waals surface area contributed by atoms with Crippen molar-refractivity contribution in [1.29, 1.82) is 0 Å². The van der Waals surface area contributed by atoms with E-state index >= 15 is 0 Å². The molecule has 1 aromatic carbocycles. The minimum atomic E-state index is 0.158. The fraction of sp³-hybridized carbons (Fsp3) is 0.312. The summed E-state index contributed by atoms with van der Waals surface area (Å²) in [4.78, 5) is 4.16. The van der Waals surface area contributed by atoms with E-state index in [1.807, 2.05) is 24.4 Å². The molecule has 21 heavy (non-hydrogen) atoms. The first-order valence-corrected chi connectivity index (χ1v) is 7.71. The van der Waals surface area contributed by atoms with Gasteiger partial charge in [0.25, 0.3) is 0 Å². The standard InChI is InChI=1S/C16H20BrN3O/c1-12-3-2-4-16(7-12)21-6-5-15(20-18)9-13-8-14(17)11-19-10-13/h2-4,7-8,10-11,15,20H,5-6,9,18H2,1H3. The maximum Gasteiger partial charge on any atom is 0.119 e. The number of hydrazine groups is 1. The summed E-state index contributed by atoms with van der Waals surface area (Å²) in [5.41, 5.74) is 5.18. The molecule has 1 heterocycles. The van der Waals surface area contributed by atoms with E-state index < -0.39 is 0 Å². The largest absolute Gasteiger partial charge is 0.494 e. The molecule has 0 radical (unpaired) electrons. The molecule has 3 N–H and O–H groups in total. The third-order valence-electron chi connectivity index (χ3n) is 3.20. The number of aryl methyl sites for hydroxylation is 1. The van der Waals surface area contributed by atoms with Crippen molar-refractivity contribution >= 4 is 15.9 Å². The van der Waals surface area contributed by atoms with Crippen LogP contribution in [0.4, 0.5) is 0 Å². The lowest BCUT2D eigenvalue weighted by Gasteiger charge is -2.16. The van der Waals surface area contributed by atoms with Crippen molar-refractivity contribution in [3.63, 3.8) is 0 Å². The number of nitrogens with two attached hydrogens (primary N) is 1. The highest BCUT2D eigenvalue weighted by Gasteiger charge is 2.09. The Kier molecular flexibility index (Phi) is 6.17. The van der Waals surface area contributed by atoms with Gasteiger partial charge in [-0.3, -0.25) is 16.3 Å². The van der Waals surface area contributed by atoms with Crippen molar-refractivity contribution in [2.45, 2.75) is 25.8 Å². The number of rotatable bonds is 7. The Morgan fingerprint density at radius 2 is 2.19 bits per heavy atom. The number of aromatic nitrogens is 1. The third-order valence-corrected chi connectivity index (χ3v) is 3.64. The molecule has 5 heteroatoms. The van der Waals surface area contributed by atoms with Gasteiger partial charge in [0.05, 0.1) is 6.61 Å². The SMILES string of the molecule is Cc1cccc(OCCC(Cc2cncc(Br)c2)NN)c1. The zero-order valence-electron chi connectivity index (χ0n) is 12.1. The molecule has 0 bridgehead atoms. The van der Waals surface area contributed by atoms with E-state index in [0.29, 0.717) is 6.61 Å². The highest BCUT2D eigenvalue weighted by atomic mass is 79.9. The molecule has 0 aliphatic carbocycles. The minimum absolute atomic E-state index is 0.158. The molecule has 1 aromatic heterocycles. The van der Waals surface area contributed by atoms with Crippen molar-refractivity contribution in [3.8, 4) is 5.75 Å². The van der Waals surface area contributed by atoms with Crippen LogP contribution in [0.1, 0.15) is 17.5 Å². The second-order valence-electron chi connectivity index (χ2n) is 5.03. The van der Waals surface area contributed by atoms with Gasteiger partial charge in [0.1, 0.15) is 5.75 Å². The first kappa shape index (κ1) is 15.9. The Balaban J connectivity index is 1.82. The van der Waals surface area contributed by atoms with Crippen LogP contribution in [0.15, 0.2) is 47.2 Å². The first-order chi connectivity index (χ1) is 10.2. The highest BCUT2D eigenvalue weighted by molar-refractivity contribution is 9.10. The summed E-state index contributed by atoms with van der Waals surface area (Å²) in [5.74, 6) is 6.52. The number of pyridine rings is 1. The average molecular weight is 350 g/mol. The number of hydrogen-bond acceptors (Lipinski definition) is 4. The number of ether oxygens (including phenoxy) is 1. The molecule has 1 atom stereocenters. The Labute approximate surface area is 133 Å². The van der Waals surface area contributed by atoms with Crippen LogP contribution in [-0.4, -0.2) is 17.6 Å². The van der Waals surface area contributed by atoms with E-state index in [0.717, 1.165) is 28.6 Å². The smallest absolute Gasteiger partial charge is 0.119 e. The van der Waals surface area contributed by atoms with Gasteiger partial charge in [0, 0.05) is 22.9 Å². The molecule has 4 nitrogen and oxygen atoms in total. The van der Waals surface area contributed by atoms with Gasteiger partial charge in [-0.25, -0.2) is 0 Å². The average Bonchev–Trinajstić information content (AvgIpc) is 2.46. The molecular formula is C16H20BrN3O. The number of halogens is 1. The maximum absolute atomic E-state index is 5.76. The summed E-state index contributed by atoms with van der Waals surface area (Å²) in [7, 11) is 0. The fourth-order valence-corrected chi connectivity index (χ4v) is 2.53. The summed E-state index contributed by atoms with van der Waals surface area (Å²) in [5, 5.41) is 0. The zero-order valence-corrected chi connectivity index (χ0v) is 13.6. The van der Waals surface area contributed by atoms with Crippen LogP contribution in [0.3, 0.4) is 0 Å². The Morgan fingerprint density at radius 1 is 1.33 bits per heavy atom. The summed E-state index contributed by atoms with van der Waals surface area (Å²) < 4.78 is 6.74. The topological polar surface area (TPSA) is 60.2 Å². The van der Waals surface area contributed by atoms with E-state index in [2.05, 4.69) is 45.4 Å². The fourth-order valence-electron chi connectivity index (χ4n) is 2.12. The van der Waals surface area contributed by atoms with Gasteiger partial charge in [0.2, 0.25) is 0 Å². The van der Waals surface area contributed by atoms with Gasteiger partial charge >= 0.3 is 0 Å². The van der Waals surface area contributed by atoms with Crippen LogP contribution in [0, 0.1) is 6.92 Å². The van der Waals surface area contributed by atoms with Crippen molar-refractivity contribution < 1.29 is 4.74 Å². The number of benzene rings is 1. The normalized spacial score (nSPS) is 12.1. The van der Waals surface area contributed by atoms with Gasteiger partial charge in [-0.2, -0.15) is 0 Å². The summed E-state index contributed by atoms with van der Waals surface area (Å²) in [6.45, 7) is 2.68. The van der Waals surface area contributed by atoms with Crippen molar-refractivity contribution in [2.75, 3.05) is 6.61 Å². The van der Waals surface area contributed by atoms with E-state index in [1.54, 1.807) is 6.20 Å². The summed E-state index contributed by atoms with van der Waals surface area (Å²) in [6.07, 6.45) is 5.28. The molecule has 0 fully saturated rings. The van der Waals surface area contributed by atoms with Crippen LogP contribution in [0.2, 0.25) is 0 Å². The predicted octanol–water partition coefficient (Wildman–Crippen LogP) is 3.00. The van der Waals surface area contributed by atoms with E-state index in [4.69, 9.17) is 10.6 Å². The molecular weight excluding hydrogens is 330 g/mol. The van der Waals surface area contributed by atoms with Crippen LogP contribution in [0.25, 0.3) is 0 Å². The molecule has 0 aliphatic heterocycles. The molecule has 112 valence electrons. The van der Waals surface area contributed by atoms with Crippen LogP contribution in [-0.2, 0) is 6.42 Å². The lowest BCUT2D eigenvalue weighted by Crippen LogP contribution is -2.38. The van der Waals surface area contributed by atoms with Gasteiger partial charge in [-0.15, -0.1) is 0 Å². The molecule has 2 rings (SSSR count). The number of nitrogens with zero attached hydrogens (tertiary/aromatic N) is 1. The summed E-state index contributed by atoms with van der Waals surface area (Å²) >= 11 is 3.43. The highest BCUT2D eigenvalue weighted by Crippen LogP contribution is 2.14. The Morgan fingerprint density at radius 3 is 2.90 bits per heavy atom. The van der Waals surface area contributed by atoms with Gasteiger partial charge in [0.15, 0.2) is 0 Å². The monoisotopic (exact) mass is 349 g/mol. The van der Waals surface area contributed by atoms with Crippen molar-refractivity contribution in [2.24, 2.45) is 5.84 Å². The van der Waals surface area contributed by atoms with Gasteiger partial charge < -0.3 is 4.74 Å². The molecule has 0 aliphatic rings. The first-order valence-electron chi connectivity index (χ1n) is 6.92. The molecule has 0 saturated carbocycles. The molecule has 2 aromatic rings. The maximum atomic E-state index is 5.76. The lowest BCUT2D eigenvalue weighted by molar-refractivity contribution is 0.285. The van der Waals surface area contributed by atoms with Crippen LogP contribution < -0.4 is 16.0 Å². The molecule has 0 saturated heterocycles. The Hall–Kier alpha value is -1.43.